The molecule has 2 amide bonds. The fourth-order valence-electron chi connectivity index (χ4n) is 4.07. The van der Waals surface area contributed by atoms with Crippen LogP contribution in [-0.2, 0) is 21.9 Å². The second kappa shape index (κ2) is 12.9. The molecule has 1 N–H and O–H groups in total. The minimum absolute atomic E-state index is 0.0840. The molecule has 0 bridgehead atoms. The standard InChI is InChI=1S/C25H29Cl3N2O2S/c1-2-23(25(32)29-19-8-4-5-9-19)30(14-18-7-3-6-10-20(18)26)24(31)16-33-15-17-11-12-21(27)22(28)13-17/h3,6-7,10-13,19,23H,2,4-5,8-9,14-16H2,1H3,(H,29,32)/t23-/m1/s1. The quantitative estimate of drug-likeness (QED) is 0.372. The van der Waals surface area contributed by atoms with Gasteiger partial charge in [0.15, 0.2) is 0 Å². The van der Waals surface area contributed by atoms with E-state index < -0.39 is 6.04 Å². The number of nitrogens with zero attached hydrogens (tertiary/aromatic N) is 1. The zero-order chi connectivity index (χ0) is 23.8. The Hall–Kier alpha value is -1.40. The van der Waals surface area contributed by atoms with Crippen LogP contribution in [0.1, 0.15) is 50.2 Å². The van der Waals surface area contributed by atoms with Gasteiger partial charge >= 0.3 is 0 Å². The molecular formula is C25H29Cl3N2O2S. The molecule has 178 valence electrons. The van der Waals surface area contributed by atoms with Gasteiger partial charge in [0, 0.05) is 23.4 Å². The van der Waals surface area contributed by atoms with Gasteiger partial charge in [-0.15, -0.1) is 11.8 Å². The van der Waals surface area contributed by atoms with Crippen molar-refractivity contribution in [2.45, 2.75) is 63.4 Å². The number of thioether (sulfide) groups is 1. The lowest BCUT2D eigenvalue weighted by atomic mass is 10.1. The first-order valence-corrected chi connectivity index (χ1v) is 13.5. The Kier molecular flexibility index (Phi) is 10.2. The topological polar surface area (TPSA) is 49.4 Å². The maximum Gasteiger partial charge on any atom is 0.243 e. The van der Waals surface area contributed by atoms with Gasteiger partial charge in [0.2, 0.25) is 11.8 Å². The summed E-state index contributed by atoms with van der Waals surface area (Å²) in [5.41, 5.74) is 1.82. The first-order valence-electron chi connectivity index (χ1n) is 11.2. The van der Waals surface area contributed by atoms with Crippen molar-refractivity contribution < 1.29 is 9.59 Å². The van der Waals surface area contributed by atoms with Gasteiger partial charge in [-0.05, 0) is 48.6 Å². The molecule has 0 radical (unpaired) electrons. The molecule has 1 atom stereocenters. The molecule has 0 heterocycles. The van der Waals surface area contributed by atoms with Gasteiger partial charge in [-0.1, -0.05) is 78.8 Å². The Balaban J connectivity index is 1.71. The van der Waals surface area contributed by atoms with Crippen molar-refractivity contribution in [1.82, 2.24) is 10.2 Å². The molecule has 0 aliphatic heterocycles. The van der Waals surface area contributed by atoms with Gasteiger partial charge < -0.3 is 10.2 Å². The highest BCUT2D eigenvalue weighted by Gasteiger charge is 2.30. The molecule has 0 aromatic heterocycles. The zero-order valence-corrected chi connectivity index (χ0v) is 21.7. The molecule has 1 aliphatic rings. The van der Waals surface area contributed by atoms with Crippen LogP contribution in [-0.4, -0.2) is 34.6 Å². The number of benzene rings is 2. The smallest absolute Gasteiger partial charge is 0.243 e. The molecule has 0 unspecified atom stereocenters. The molecule has 1 aliphatic carbocycles. The van der Waals surface area contributed by atoms with Crippen molar-refractivity contribution in [2.24, 2.45) is 0 Å². The Morgan fingerprint density at radius 1 is 1.06 bits per heavy atom. The lowest BCUT2D eigenvalue weighted by Gasteiger charge is -2.31. The lowest BCUT2D eigenvalue weighted by molar-refractivity contribution is -0.139. The molecule has 1 saturated carbocycles. The number of carbonyl (C=O) groups is 2. The first-order chi connectivity index (χ1) is 15.9. The van der Waals surface area contributed by atoms with Crippen LogP contribution >= 0.6 is 46.6 Å². The second-order valence-corrected chi connectivity index (χ2v) is 10.5. The largest absolute Gasteiger partial charge is 0.352 e. The van der Waals surface area contributed by atoms with Gasteiger partial charge in [0.1, 0.15) is 6.04 Å². The predicted octanol–water partition coefficient (Wildman–Crippen LogP) is 6.75. The van der Waals surface area contributed by atoms with E-state index in [1.165, 1.54) is 11.8 Å². The van der Waals surface area contributed by atoms with E-state index in [2.05, 4.69) is 5.32 Å². The lowest BCUT2D eigenvalue weighted by Crippen LogP contribution is -2.51. The molecular weight excluding hydrogens is 499 g/mol. The second-order valence-electron chi connectivity index (χ2n) is 8.27. The van der Waals surface area contributed by atoms with Gasteiger partial charge in [-0.2, -0.15) is 0 Å². The Labute approximate surface area is 215 Å². The normalized spacial score (nSPS) is 14.8. The third-order valence-electron chi connectivity index (χ3n) is 5.86. The van der Waals surface area contributed by atoms with Crippen LogP contribution in [0.25, 0.3) is 0 Å². The minimum Gasteiger partial charge on any atom is -0.352 e. The fraction of sp³-hybridized carbons (Fsp3) is 0.440. The summed E-state index contributed by atoms with van der Waals surface area (Å²) < 4.78 is 0. The Bertz CT molecular complexity index is 966. The maximum atomic E-state index is 13.3. The van der Waals surface area contributed by atoms with Crippen LogP contribution in [0.2, 0.25) is 15.1 Å². The zero-order valence-electron chi connectivity index (χ0n) is 18.7. The number of carbonyl (C=O) groups excluding carboxylic acids is 2. The van der Waals surface area contributed by atoms with Gasteiger partial charge in [0.05, 0.1) is 15.8 Å². The number of hydrogen-bond donors (Lipinski definition) is 1. The first kappa shape index (κ1) is 26.2. The summed E-state index contributed by atoms with van der Waals surface area (Å²) in [6, 6.07) is 12.6. The van der Waals surface area contributed by atoms with Gasteiger partial charge in [-0.3, -0.25) is 9.59 Å². The van der Waals surface area contributed by atoms with Crippen molar-refractivity contribution in [2.75, 3.05) is 5.75 Å². The molecule has 33 heavy (non-hydrogen) atoms. The van der Waals surface area contributed by atoms with E-state index in [-0.39, 0.29) is 23.6 Å². The van der Waals surface area contributed by atoms with Crippen LogP contribution in [0.4, 0.5) is 0 Å². The number of halogens is 3. The molecule has 2 aromatic carbocycles. The summed E-state index contributed by atoms with van der Waals surface area (Å²) in [4.78, 5) is 28.2. The average Bonchev–Trinajstić information content (AvgIpc) is 3.30. The van der Waals surface area contributed by atoms with Crippen molar-refractivity contribution in [3.63, 3.8) is 0 Å². The van der Waals surface area contributed by atoms with Crippen molar-refractivity contribution >= 4 is 58.4 Å². The highest BCUT2D eigenvalue weighted by Crippen LogP contribution is 2.26. The third-order valence-corrected chi connectivity index (χ3v) is 7.96. The number of hydrogen-bond acceptors (Lipinski definition) is 3. The number of rotatable bonds is 10. The van der Waals surface area contributed by atoms with Crippen molar-refractivity contribution in [3.8, 4) is 0 Å². The highest BCUT2D eigenvalue weighted by molar-refractivity contribution is 7.99. The number of nitrogens with one attached hydrogen (secondary N) is 1. The van der Waals surface area contributed by atoms with Crippen LogP contribution in [0.15, 0.2) is 42.5 Å². The van der Waals surface area contributed by atoms with E-state index in [0.29, 0.717) is 33.8 Å². The van der Waals surface area contributed by atoms with Crippen molar-refractivity contribution in [1.29, 1.82) is 0 Å². The summed E-state index contributed by atoms with van der Waals surface area (Å²) in [6.07, 6.45) is 4.80. The van der Waals surface area contributed by atoms with E-state index in [4.69, 9.17) is 34.8 Å². The summed E-state index contributed by atoms with van der Waals surface area (Å²) >= 11 is 20.0. The Morgan fingerprint density at radius 3 is 2.45 bits per heavy atom. The van der Waals surface area contributed by atoms with Crippen LogP contribution in [0.5, 0.6) is 0 Å². The van der Waals surface area contributed by atoms with E-state index in [9.17, 15) is 9.59 Å². The molecule has 4 nitrogen and oxygen atoms in total. The SMILES string of the molecule is CC[C@H](C(=O)NC1CCCC1)N(Cc1ccccc1Cl)C(=O)CSCc1ccc(Cl)c(Cl)c1. The molecule has 3 rings (SSSR count). The van der Waals surface area contributed by atoms with Crippen LogP contribution in [0, 0.1) is 0 Å². The van der Waals surface area contributed by atoms with Gasteiger partial charge in [0.25, 0.3) is 0 Å². The molecule has 0 saturated heterocycles. The summed E-state index contributed by atoms with van der Waals surface area (Å²) in [5, 5.41) is 4.75. The van der Waals surface area contributed by atoms with Crippen molar-refractivity contribution in [3.05, 3.63) is 68.7 Å². The third kappa shape index (κ3) is 7.54. The minimum atomic E-state index is -0.542. The predicted molar refractivity (Wildman–Crippen MR) is 139 cm³/mol. The highest BCUT2D eigenvalue weighted by atomic mass is 35.5. The molecule has 8 heteroatoms. The van der Waals surface area contributed by atoms with Crippen LogP contribution < -0.4 is 5.32 Å². The fourth-order valence-corrected chi connectivity index (χ4v) is 5.44. The van der Waals surface area contributed by atoms with E-state index in [0.717, 1.165) is 36.8 Å². The summed E-state index contributed by atoms with van der Waals surface area (Å²) in [5.74, 6) is 0.693. The summed E-state index contributed by atoms with van der Waals surface area (Å²) in [7, 11) is 0. The number of amides is 2. The monoisotopic (exact) mass is 526 g/mol. The Morgan fingerprint density at radius 2 is 1.79 bits per heavy atom. The van der Waals surface area contributed by atoms with Crippen LogP contribution in [0.3, 0.4) is 0 Å². The molecule has 1 fully saturated rings. The maximum absolute atomic E-state index is 13.3. The average molecular weight is 528 g/mol. The molecule has 0 spiro atoms. The van der Waals surface area contributed by atoms with Gasteiger partial charge in [-0.25, -0.2) is 0 Å². The molecule has 2 aromatic rings. The van der Waals surface area contributed by atoms with E-state index in [1.54, 1.807) is 17.0 Å². The summed E-state index contributed by atoms with van der Waals surface area (Å²) in [6.45, 7) is 2.23. The van der Waals surface area contributed by atoms with E-state index >= 15 is 0 Å². The van der Waals surface area contributed by atoms with E-state index in [1.807, 2.05) is 37.3 Å².